The number of pyridine rings is 2. The molecule has 0 saturated carbocycles. The molecule has 5 heterocycles. The van der Waals surface area contributed by atoms with E-state index in [1.54, 1.807) is 12.4 Å². The maximum absolute atomic E-state index is 6.02. The van der Waals surface area contributed by atoms with Gasteiger partial charge in [-0.3, -0.25) is 0 Å². The summed E-state index contributed by atoms with van der Waals surface area (Å²) in [7, 11) is 0. The molecular formula is C54H34N6O2S. The monoisotopic (exact) mass is 830 g/mol. The lowest BCUT2D eigenvalue weighted by Gasteiger charge is -2.26. The van der Waals surface area contributed by atoms with Crippen molar-refractivity contribution in [1.29, 1.82) is 0 Å². The van der Waals surface area contributed by atoms with Crippen molar-refractivity contribution in [3.05, 3.63) is 207 Å². The first-order valence-corrected chi connectivity index (χ1v) is 21.4. The van der Waals surface area contributed by atoms with Crippen LogP contribution in [0.4, 0.5) is 34.1 Å². The van der Waals surface area contributed by atoms with Gasteiger partial charge in [0.25, 0.3) is 0 Å². The predicted molar refractivity (Wildman–Crippen MR) is 256 cm³/mol. The van der Waals surface area contributed by atoms with Gasteiger partial charge in [-0.25, -0.2) is 19.9 Å². The molecule has 7 aromatic carbocycles. The molecule has 0 fully saturated rings. The molecule has 0 aliphatic rings. The van der Waals surface area contributed by atoms with Gasteiger partial charge in [-0.2, -0.15) is 0 Å². The molecular weight excluding hydrogens is 797 g/mol. The molecule has 0 radical (unpaired) electrons. The minimum atomic E-state index is 0.527. The third-order valence-corrected chi connectivity index (χ3v) is 12.5. The fourth-order valence-electron chi connectivity index (χ4n) is 8.26. The number of hydrogen-bond donors (Lipinski definition) is 0. The maximum atomic E-state index is 6.02. The SMILES string of the molecule is c1ccc(N(c2ccc(-c3ccc(N(c4ccc(-c5nc6cccnc6o5)cc4)c4cccc5c4sc4ccccc45)cc3)cc2)c2ccc(-c3nc4cccnc4o3)cc2)cc1. The van der Waals surface area contributed by atoms with Crippen molar-refractivity contribution in [2.75, 3.05) is 9.80 Å². The number of nitrogens with zero attached hydrogens (tertiary/aromatic N) is 6. The summed E-state index contributed by atoms with van der Waals surface area (Å²) in [5, 5.41) is 2.50. The lowest BCUT2D eigenvalue weighted by atomic mass is 10.0. The molecule has 0 saturated heterocycles. The highest BCUT2D eigenvalue weighted by atomic mass is 32.1. The summed E-state index contributed by atoms with van der Waals surface area (Å²) < 4.78 is 14.5. The first-order chi connectivity index (χ1) is 31.2. The lowest BCUT2D eigenvalue weighted by molar-refractivity contribution is 0.607. The Morgan fingerprint density at radius 2 is 0.825 bits per heavy atom. The molecule has 0 unspecified atom stereocenters. The van der Waals surface area contributed by atoms with Gasteiger partial charge in [-0.1, -0.05) is 72.8 Å². The normalized spacial score (nSPS) is 11.5. The third kappa shape index (κ3) is 6.64. The Morgan fingerprint density at radius 1 is 0.365 bits per heavy atom. The molecule has 5 aromatic heterocycles. The smallest absolute Gasteiger partial charge is 0.247 e. The van der Waals surface area contributed by atoms with Crippen LogP contribution >= 0.6 is 11.3 Å². The highest BCUT2D eigenvalue weighted by molar-refractivity contribution is 7.26. The Balaban J connectivity index is 0.878. The molecule has 298 valence electrons. The van der Waals surface area contributed by atoms with E-state index in [-0.39, 0.29) is 0 Å². The Bertz CT molecular complexity index is 3500. The van der Waals surface area contributed by atoms with Crippen LogP contribution < -0.4 is 9.80 Å². The second kappa shape index (κ2) is 15.3. The second-order valence-electron chi connectivity index (χ2n) is 15.1. The van der Waals surface area contributed by atoms with Crippen molar-refractivity contribution in [1.82, 2.24) is 19.9 Å². The zero-order chi connectivity index (χ0) is 41.7. The van der Waals surface area contributed by atoms with Crippen LogP contribution in [0.5, 0.6) is 0 Å². The molecule has 9 heteroatoms. The Labute approximate surface area is 365 Å². The molecule has 0 amide bonds. The molecule has 63 heavy (non-hydrogen) atoms. The summed E-state index contributed by atoms with van der Waals surface area (Å²) >= 11 is 1.82. The average molecular weight is 831 g/mol. The Kier molecular flexibility index (Phi) is 8.83. The molecule has 12 rings (SSSR count). The first kappa shape index (κ1) is 36.5. The van der Waals surface area contributed by atoms with E-state index in [4.69, 9.17) is 13.8 Å². The van der Waals surface area contributed by atoms with Crippen LogP contribution in [0.2, 0.25) is 0 Å². The number of aromatic nitrogens is 4. The van der Waals surface area contributed by atoms with E-state index >= 15 is 0 Å². The number of oxazole rings is 2. The van der Waals surface area contributed by atoms with Crippen LogP contribution in [0, 0.1) is 0 Å². The average Bonchev–Trinajstić information content (AvgIpc) is 4.09. The van der Waals surface area contributed by atoms with Gasteiger partial charge in [0.1, 0.15) is 11.0 Å². The van der Waals surface area contributed by atoms with Gasteiger partial charge in [0.15, 0.2) is 0 Å². The van der Waals surface area contributed by atoms with E-state index in [1.165, 1.54) is 20.2 Å². The highest BCUT2D eigenvalue weighted by Crippen LogP contribution is 2.45. The lowest BCUT2D eigenvalue weighted by Crippen LogP contribution is -2.10. The van der Waals surface area contributed by atoms with Crippen LogP contribution in [0.3, 0.4) is 0 Å². The number of para-hydroxylation sites is 1. The second-order valence-corrected chi connectivity index (χ2v) is 16.2. The summed E-state index contributed by atoms with van der Waals surface area (Å²) in [5.74, 6) is 1.09. The summed E-state index contributed by atoms with van der Waals surface area (Å²) in [6.07, 6.45) is 3.43. The Morgan fingerprint density at radius 3 is 1.37 bits per heavy atom. The summed E-state index contributed by atoms with van der Waals surface area (Å²) in [6, 6.07) is 67.4. The van der Waals surface area contributed by atoms with E-state index in [0.717, 1.165) is 67.4 Å². The van der Waals surface area contributed by atoms with Crippen LogP contribution in [-0.2, 0) is 0 Å². The zero-order valence-electron chi connectivity index (χ0n) is 33.5. The van der Waals surface area contributed by atoms with Gasteiger partial charge in [0.2, 0.25) is 23.2 Å². The summed E-state index contributed by atoms with van der Waals surface area (Å²) in [5.41, 5.74) is 12.8. The van der Waals surface area contributed by atoms with Crippen molar-refractivity contribution in [2.45, 2.75) is 0 Å². The zero-order valence-corrected chi connectivity index (χ0v) is 34.4. The highest BCUT2D eigenvalue weighted by Gasteiger charge is 2.20. The minimum Gasteiger partial charge on any atom is -0.418 e. The quantitative estimate of drug-likeness (QED) is 0.142. The molecule has 0 aliphatic carbocycles. The Hall–Kier alpha value is -8.40. The van der Waals surface area contributed by atoms with E-state index in [9.17, 15) is 0 Å². The molecule has 0 aliphatic heterocycles. The van der Waals surface area contributed by atoms with Crippen molar-refractivity contribution < 1.29 is 8.83 Å². The molecule has 12 aromatic rings. The number of hydrogen-bond acceptors (Lipinski definition) is 9. The van der Waals surface area contributed by atoms with Crippen LogP contribution in [0.25, 0.3) is 76.7 Å². The molecule has 0 bridgehead atoms. The largest absolute Gasteiger partial charge is 0.418 e. The summed E-state index contributed by atoms with van der Waals surface area (Å²) in [4.78, 5) is 22.6. The van der Waals surface area contributed by atoms with Gasteiger partial charge >= 0.3 is 0 Å². The van der Waals surface area contributed by atoms with Crippen molar-refractivity contribution in [3.8, 4) is 34.0 Å². The molecule has 0 atom stereocenters. The molecule has 0 N–H and O–H groups in total. The number of rotatable bonds is 9. The topological polar surface area (TPSA) is 84.3 Å². The van der Waals surface area contributed by atoms with Crippen molar-refractivity contribution >= 4 is 88.1 Å². The van der Waals surface area contributed by atoms with E-state index in [1.807, 2.05) is 53.8 Å². The third-order valence-electron chi connectivity index (χ3n) is 11.3. The van der Waals surface area contributed by atoms with Gasteiger partial charge in [-0.05, 0) is 132 Å². The van der Waals surface area contributed by atoms with Crippen LogP contribution in [0.1, 0.15) is 0 Å². The van der Waals surface area contributed by atoms with Gasteiger partial charge in [0.05, 0.1) is 10.4 Å². The van der Waals surface area contributed by atoms with Crippen molar-refractivity contribution in [3.63, 3.8) is 0 Å². The maximum Gasteiger partial charge on any atom is 0.247 e. The number of thiophene rings is 1. The fraction of sp³-hybridized carbons (Fsp3) is 0. The molecule has 0 spiro atoms. The van der Waals surface area contributed by atoms with Gasteiger partial charge in [0, 0.05) is 67.4 Å². The van der Waals surface area contributed by atoms with Crippen LogP contribution in [0.15, 0.2) is 215 Å². The number of anilines is 6. The minimum absolute atomic E-state index is 0.527. The van der Waals surface area contributed by atoms with Crippen LogP contribution in [-0.4, -0.2) is 19.9 Å². The van der Waals surface area contributed by atoms with Gasteiger partial charge < -0.3 is 18.6 Å². The van der Waals surface area contributed by atoms with E-state index < -0.39 is 0 Å². The fourth-order valence-corrected chi connectivity index (χ4v) is 9.46. The number of fused-ring (bicyclic) bond motifs is 5. The van der Waals surface area contributed by atoms with Gasteiger partial charge in [-0.15, -0.1) is 11.3 Å². The van der Waals surface area contributed by atoms with E-state index in [0.29, 0.717) is 23.2 Å². The predicted octanol–water partition coefficient (Wildman–Crippen LogP) is 15.1. The van der Waals surface area contributed by atoms with E-state index in [2.05, 4.69) is 176 Å². The summed E-state index contributed by atoms with van der Waals surface area (Å²) in [6.45, 7) is 0. The standard InChI is InChI=1S/C54H34N6O2S/c1-2-9-39(10-3-1)59(41-29-21-37(22-30-41)51-57-46-13-7-33-55-53(46)61-51)40-25-17-35(18-26-40)36-19-27-42(28-20-36)60(48-15-6-12-45-44-11-4-5-16-49(44)63-50(45)48)43-31-23-38(24-32-43)52-58-47-14-8-34-56-54(47)62-52/h1-34H. The first-order valence-electron chi connectivity index (χ1n) is 20.6. The number of benzene rings is 7. The van der Waals surface area contributed by atoms with Crippen molar-refractivity contribution in [2.24, 2.45) is 0 Å². The molecule has 8 nitrogen and oxygen atoms in total.